The van der Waals surface area contributed by atoms with Gasteiger partial charge in [-0.1, -0.05) is 54.6 Å². The number of nitrogens with one attached hydrogen (secondary N) is 1. The van der Waals surface area contributed by atoms with Gasteiger partial charge in [-0.2, -0.15) is 9.67 Å². The van der Waals surface area contributed by atoms with Crippen molar-refractivity contribution in [3.05, 3.63) is 96.1 Å². The third kappa shape index (κ3) is 5.02. The number of hydrogen-bond donors (Lipinski definition) is 2. The molecular weight excluding hydrogens is 508 g/mol. The molecule has 2 aromatic heterocycles. The van der Waals surface area contributed by atoms with Crippen molar-refractivity contribution in [2.75, 3.05) is 49.2 Å². The van der Waals surface area contributed by atoms with Gasteiger partial charge in [0.2, 0.25) is 11.9 Å². The number of aryl methyl sites for hydroxylation is 1. The number of anilines is 4. The molecule has 8 heteroatoms. The fourth-order valence-corrected chi connectivity index (χ4v) is 5.94. The summed E-state index contributed by atoms with van der Waals surface area (Å²) in [7, 11) is 2.17. The minimum absolute atomic E-state index is 0.287. The van der Waals surface area contributed by atoms with E-state index in [9.17, 15) is 0 Å². The summed E-state index contributed by atoms with van der Waals surface area (Å²) in [6.45, 7) is 4.23. The third-order valence-corrected chi connectivity index (χ3v) is 8.18. The second kappa shape index (κ2) is 10.7. The Labute approximate surface area is 240 Å². The molecule has 7 rings (SSSR count). The van der Waals surface area contributed by atoms with Crippen LogP contribution in [0.25, 0.3) is 28.2 Å². The first kappa shape index (κ1) is 25.3. The zero-order valence-corrected chi connectivity index (χ0v) is 23.3. The van der Waals surface area contributed by atoms with Crippen LogP contribution in [0.1, 0.15) is 17.5 Å². The van der Waals surface area contributed by atoms with Gasteiger partial charge in [0, 0.05) is 43.1 Å². The van der Waals surface area contributed by atoms with Gasteiger partial charge in [0.25, 0.3) is 0 Å². The van der Waals surface area contributed by atoms with E-state index in [0.717, 1.165) is 67.9 Å². The van der Waals surface area contributed by atoms with Crippen LogP contribution in [-0.4, -0.2) is 57.9 Å². The van der Waals surface area contributed by atoms with E-state index >= 15 is 0 Å². The van der Waals surface area contributed by atoms with Crippen molar-refractivity contribution in [1.29, 1.82) is 0 Å². The van der Waals surface area contributed by atoms with E-state index in [4.69, 9.17) is 15.8 Å². The zero-order valence-electron chi connectivity index (χ0n) is 23.3. The number of nitrogen functional groups attached to an aromatic ring is 1. The van der Waals surface area contributed by atoms with Gasteiger partial charge < -0.3 is 20.9 Å². The molecule has 3 N–H and O–H groups in total. The van der Waals surface area contributed by atoms with E-state index in [1.807, 2.05) is 6.07 Å². The summed E-state index contributed by atoms with van der Waals surface area (Å²) >= 11 is 0. The molecule has 1 saturated heterocycles. The van der Waals surface area contributed by atoms with Crippen LogP contribution in [0.5, 0.6) is 0 Å². The van der Waals surface area contributed by atoms with E-state index in [1.54, 1.807) is 4.68 Å². The van der Waals surface area contributed by atoms with Crippen LogP contribution in [-0.2, 0) is 12.8 Å². The molecule has 0 radical (unpaired) electrons. The Morgan fingerprint density at radius 1 is 0.780 bits per heavy atom. The van der Waals surface area contributed by atoms with Crippen LogP contribution in [0.3, 0.4) is 0 Å². The minimum Gasteiger partial charge on any atom is -0.369 e. The molecule has 0 unspecified atom stereocenters. The molecule has 0 saturated carbocycles. The van der Waals surface area contributed by atoms with E-state index in [1.165, 1.54) is 22.4 Å². The lowest BCUT2D eigenvalue weighted by molar-refractivity contribution is 0.313. The minimum atomic E-state index is 0.287. The Morgan fingerprint density at radius 2 is 1.54 bits per heavy atom. The van der Waals surface area contributed by atoms with Gasteiger partial charge in [0.15, 0.2) is 5.82 Å². The van der Waals surface area contributed by atoms with E-state index in [2.05, 4.69) is 106 Å². The Kier molecular flexibility index (Phi) is 6.60. The number of aromatic nitrogens is 4. The number of benzene rings is 3. The molecular formula is C33H34N8. The maximum Gasteiger partial charge on any atom is 0.248 e. The van der Waals surface area contributed by atoms with Gasteiger partial charge in [0.05, 0.1) is 5.69 Å². The van der Waals surface area contributed by atoms with Crippen molar-refractivity contribution >= 4 is 23.3 Å². The van der Waals surface area contributed by atoms with Crippen LogP contribution in [0.2, 0.25) is 0 Å². The molecule has 0 spiro atoms. The van der Waals surface area contributed by atoms with E-state index in [-0.39, 0.29) is 5.95 Å². The fraction of sp³-hybridized carbons (Fsp3) is 0.242. The molecule has 1 aliphatic carbocycles. The number of fused-ring (bicyclic) bond motifs is 3. The summed E-state index contributed by atoms with van der Waals surface area (Å²) in [4.78, 5) is 14.5. The molecule has 0 bridgehead atoms. The summed E-state index contributed by atoms with van der Waals surface area (Å²) in [6.07, 6.45) is 3.08. The largest absolute Gasteiger partial charge is 0.369 e. The second-order valence-electron chi connectivity index (χ2n) is 10.9. The molecule has 206 valence electrons. The SMILES string of the molecule is CN1CCN(c2ccc(Nc3nc(N)n(-c4cc(-c5ccccc5)c5c(n4)-c4ccccc4CCC5)n3)cc2)CC1. The van der Waals surface area contributed by atoms with E-state index < -0.39 is 0 Å². The number of nitrogens with zero attached hydrogens (tertiary/aromatic N) is 6. The molecule has 2 aliphatic rings. The van der Waals surface area contributed by atoms with Crippen LogP contribution in [0.15, 0.2) is 84.9 Å². The molecule has 1 fully saturated rings. The normalized spacial score (nSPS) is 15.2. The second-order valence-corrected chi connectivity index (χ2v) is 10.9. The Morgan fingerprint density at radius 3 is 2.34 bits per heavy atom. The number of nitrogens with two attached hydrogens (primary N) is 1. The number of pyridine rings is 1. The quantitative estimate of drug-likeness (QED) is 0.301. The Bertz CT molecular complexity index is 1670. The first-order valence-electron chi connectivity index (χ1n) is 14.3. The molecule has 3 heterocycles. The highest BCUT2D eigenvalue weighted by atomic mass is 15.4. The Balaban J connectivity index is 1.23. The summed E-state index contributed by atoms with van der Waals surface area (Å²) in [5.74, 6) is 1.38. The molecule has 5 aromatic rings. The summed E-state index contributed by atoms with van der Waals surface area (Å²) < 4.78 is 1.64. The zero-order chi connectivity index (χ0) is 27.8. The molecule has 8 nitrogen and oxygen atoms in total. The first-order chi connectivity index (χ1) is 20.1. The lowest BCUT2D eigenvalue weighted by Gasteiger charge is -2.34. The molecule has 3 aromatic carbocycles. The maximum atomic E-state index is 6.45. The van der Waals surface area contributed by atoms with Crippen LogP contribution < -0.4 is 16.0 Å². The molecule has 0 atom stereocenters. The van der Waals surface area contributed by atoms with Crippen LogP contribution in [0.4, 0.5) is 23.3 Å². The highest BCUT2D eigenvalue weighted by molar-refractivity contribution is 5.80. The summed E-state index contributed by atoms with van der Waals surface area (Å²) in [6, 6.07) is 29.6. The predicted molar refractivity (Wildman–Crippen MR) is 166 cm³/mol. The van der Waals surface area contributed by atoms with Gasteiger partial charge in [-0.15, -0.1) is 5.10 Å². The highest BCUT2D eigenvalue weighted by Crippen LogP contribution is 2.38. The average molecular weight is 543 g/mol. The van der Waals surface area contributed by atoms with Gasteiger partial charge in [-0.05, 0) is 78.9 Å². The lowest BCUT2D eigenvalue weighted by Crippen LogP contribution is -2.44. The van der Waals surface area contributed by atoms with Crippen molar-refractivity contribution in [3.8, 4) is 28.2 Å². The van der Waals surface area contributed by atoms with Crippen molar-refractivity contribution in [2.45, 2.75) is 19.3 Å². The van der Waals surface area contributed by atoms with Crippen molar-refractivity contribution in [1.82, 2.24) is 24.6 Å². The lowest BCUT2D eigenvalue weighted by atomic mass is 9.94. The number of hydrogen-bond acceptors (Lipinski definition) is 7. The average Bonchev–Trinajstić information content (AvgIpc) is 3.27. The monoisotopic (exact) mass is 542 g/mol. The van der Waals surface area contributed by atoms with Crippen molar-refractivity contribution in [3.63, 3.8) is 0 Å². The van der Waals surface area contributed by atoms with Crippen molar-refractivity contribution < 1.29 is 0 Å². The van der Waals surface area contributed by atoms with Gasteiger partial charge in [-0.3, -0.25) is 0 Å². The standard InChI is InChI=1S/C33H34N8/c1-39-18-20-40(21-19-39)26-16-14-25(15-17-26)35-33-37-32(34)41(38-33)30-22-29(24-8-3-2-4-9-24)28-13-7-11-23-10-5-6-12-27(23)31(28)36-30/h2-6,8-10,12,14-17,22H,7,11,13,18-21H2,1H3,(H3,34,35,37,38). The van der Waals surface area contributed by atoms with Gasteiger partial charge in [0.1, 0.15) is 0 Å². The van der Waals surface area contributed by atoms with E-state index in [0.29, 0.717) is 11.8 Å². The fourth-order valence-electron chi connectivity index (χ4n) is 5.94. The maximum absolute atomic E-state index is 6.45. The first-order valence-corrected chi connectivity index (χ1v) is 14.3. The highest BCUT2D eigenvalue weighted by Gasteiger charge is 2.22. The molecule has 0 amide bonds. The number of likely N-dealkylation sites (N-methyl/N-ethyl adjacent to an activating group) is 1. The topological polar surface area (TPSA) is 88.1 Å². The number of piperazine rings is 1. The smallest absolute Gasteiger partial charge is 0.248 e. The molecule has 41 heavy (non-hydrogen) atoms. The third-order valence-electron chi connectivity index (χ3n) is 8.18. The number of rotatable bonds is 5. The summed E-state index contributed by atoms with van der Waals surface area (Å²) in [5.41, 5.74) is 15.7. The van der Waals surface area contributed by atoms with Crippen LogP contribution in [0, 0.1) is 0 Å². The van der Waals surface area contributed by atoms with Gasteiger partial charge >= 0.3 is 0 Å². The Hall–Kier alpha value is -4.69. The molecule has 1 aliphatic heterocycles. The van der Waals surface area contributed by atoms with Crippen molar-refractivity contribution in [2.24, 2.45) is 0 Å². The predicted octanol–water partition coefficient (Wildman–Crippen LogP) is 5.56. The van der Waals surface area contributed by atoms with Gasteiger partial charge in [-0.25, -0.2) is 4.98 Å². The summed E-state index contributed by atoms with van der Waals surface area (Å²) in [5, 5.41) is 8.08. The van der Waals surface area contributed by atoms with Crippen LogP contribution >= 0.6 is 0 Å².